The molecule has 19 heavy (non-hydrogen) atoms. The lowest BCUT2D eigenvalue weighted by Crippen LogP contribution is -2.59. The summed E-state index contributed by atoms with van der Waals surface area (Å²) in [5.74, 6) is 0. The zero-order valence-electron chi connectivity index (χ0n) is 7.99. The average molecular weight is 534 g/mol. The van der Waals surface area contributed by atoms with Crippen molar-refractivity contribution in [2.75, 3.05) is 0 Å². The molecule has 0 bridgehead atoms. The Bertz CT molecular complexity index is 319. The largest absolute Gasteiger partial charge is 0.226 e. The van der Waals surface area contributed by atoms with Crippen LogP contribution in [0.25, 0.3) is 0 Å². The van der Waals surface area contributed by atoms with Crippen molar-refractivity contribution in [1.29, 1.82) is 0 Å². The first-order valence-corrected chi connectivity index (χ1v) is 8.79. The number of hydrogen-bond donors (Lipinski definition) is 0. The number of alkyl halides is 13. The van der Waals surface area contributed by atoms with Gasteiger partial charge in [-0.2, -0.15) is 0 Å². The molecule has 0 aliphatic carbocycles. The van der Waals surface area contributed by atoms with E-state index in [0.717, 1.165) is 0 Å². The van der Waals surface area contributed by atoms with Gasteiger partial charge in [-0.3, -0.25) is 0 Å². The van der Waals surface area contributed by atoms with Crippen molar-refractivity contribution in [3.63, 3.8) is 0 Å². The Labute approximate surface area is 175 Å². The van der Waals surface area contributed by atoms with E-state index in [1.54, 1.807) is 0 Å². The summed E-state index contributed by atoms with van der Waals surface area (Å²) < 4.78 is -11.7. The fourth-order valence-corrected chi connectivity index (χ4v) is 3.77. The lowest BCUT2D eigenvalue weighted by atomic mass is 10.1. The van der Waals surface area contributed by atoms with Gasteiger partial charge in [0, 0.05) is 0 Å². The minimum Gasteiger partial charge on any atom is -0.116 e. The Morgan fingerprint density at radius 1 is 0.474 bits per heavy atom. The van der Waals surface area contributed by atoms with E-state index in [9.17, 15) is 0 Å². The Kier molecular flexibility index (Phi) is 8.32. The van der Waals surface area contributed by atoms with E-state index >= 15 is 0 Å². The predicted molar refractivity (Wildman–Crippen MR) is 93.5 cm³/mol. The Balaban J connectivity index is 5.70. The summed E-state index contributed by atoms with van der Waals surface area (Å²) in [5.41, 5.74) is 0. The molecule has 0 saturated heterocycles. The van der Waals surface area contributed by atoms with Gasteiger partial charge in [0.15, 0.2) is 13.0 Å². The van der Waals surface area contributed by atoms with Crippen molar-refractivity contribution >= 4 is 151 Å². The van der Waals surface area contributed by atoms with Crippen molar-refractivity contribution in [1.82, 2.24) is 0 Å². The summed E-state index contributed by atoms with van der Waals surface area (Å²) in [5, 5.41) is -1.73. The molecule has 1 unspecified atom stereocenters. The number of halogens is 13. The van der Waals surface area contributed by atoms with E-state index in [0.29, 0.717) is 0 Å². The molecule has 0 fully saturated rings. The van der Waals surface area contributed by atoms with E-state index in [1.165, 1.54) is 0 Å². The van der Waals surface area contributed by atoms with Gasteiger partial charge >= 0.3 is 0 Å². The van der Waals surface area contributed by atoms with Gasteiger partial charge in [0.2, 0.25) is 7.59 Å². The second kappa shape index (κ2) is 6.95. The Morgan fingerprint density at radius 2 is 0.789 bits per heavy atom. The SMILES string of the molecule is ClC(C(Cl)(Cl)C(Cl)(Cl)Cl)C(Cl)(Cl)C(Cl)(Cl)C(Cl)(Cl)Cl. The van der Waals surface area contributed by atoms with Gasteiger partial charge in [0.25, 0.3) is 0 Å². The molecule has 0 amide bonds. The molecule has 0 aromatic heterocycles. The lowest BCUT2D eigenvalue weighted by Gasteiger charge is -2.44. The van der Waals surface area contributed by atoms with Gasteiger partial charge in [0.1, 0.15) is 5.38 Å². The molecule has 116 valence electrons. The van der Waals surface area contributed by atoms with Crippen molar-refractivity contribution in [3.8, 4) is 0 Å². The maximum Gasteiger partial charge on any atom is 0.226 e. The molecule has 0 aromatic rings. The van der Waals surface area contributed by atoms with Crippen LogP contribution < -0.4 is 0 Å². The highest BCUT2D eigenvalue weighted by Gasteiger charge is 2.69. The van der Waals surface area contributed by atoms with E-state index in [-0.39, 0.29) is 0 Å². The summed E-state index contributed by atoms with van der Waals surface area (Å²) in [6.45, 7) is 0. The first-order valence-electron chi connectivity index (χ1n) is 3.81. The molecule has 0 spiro atoms. The summed E-state index contributed by atoms with van der Waals surface area (Å²) in [7, 11) is 0. The van der Waals surface area contributed by atoms with Crippen molar-refractivity contribution in [2.24, 2.45) is 0 Å². The Morgan fingerprint density at radius 3 is 1.00 bits per heavy atom. The molecule has 0 N–H and O–H groups in total. The minimum atomic E-state index is -2.43. The highest BCUT2D eigenvalue weighted by molar-refractivity contribution is 6.80. The van der Waals surface area contributed by atoms with Gasteiger partial charge < -0.3 is 0 Å². The van der Waals surface area contributed by atoms with Crippen LogP contribution in [-0.4, -0.2) is 26.0 Å². The third kappa shape index (κ3) is 4.65. The first-order chi connectivity index (χ1) is 7.90. The predicted octanol–water partition coefficient (Wildman–Crippen LogP) is 7.86. The first kappa shape index (κ1) is 22.8. The van der Waals surface area contributed by atoms with E-state index < -0.39 is 26.0 Å². The van der Waals surface area contributed by atoms with Crippen LogP contribution in [0.4, 0.5) is 0 Å². The fraction of sp³-hybridized carbons (Fsp3) is 1.00. The van der Waals surface area contributed by atoms with Gasteiger partial charge in [-0.25, -0.2) is 0 Å². The third-order valence-corrected chi connectivity index (χ3v) is 9.35. The van der Waals surface area contributed by atoms with Crippen molar-refractivity contribution < 1.29 is 0 Å². The third-order valence-electron chi connectivity index (χ3n) is 1.79. The van der Waals surface area contributed by atoms with Crippen LogP contribution in [0.15, 0.2) is 0 Å². The zero-order valence-corrected chi connectivity index (χ0v) is 17.8. The molecule has 0 aromatic carbocycles. The number of rotatable bonds is 3. The highest BCUT2D eigenvalue weighted by Crippen LogP contribution is 2.63. The molecule has 0 aliphatic heterocycles. The molecular weight excluding hydrogens is 533 g/mol. The zero-order chi connectivity index (χ0) is 16.1. The fourth-order valence-electron chi connectivity index (χ4n) is 0.719. The van der Waals surface area contributed by atoms with Crippen LogP contribution in [0.3, 0.4) is 0 Å². The van der Waals surface area contributed by atoms with E-state index in [2.05, 4.69) is 0 Å². The minimum absolute atomic E-state index is 1.73. The summed E-state index contributed by atoms with van der Waals surface area (Å²) >= 11 is 74.5. The van der Waals surface area contributed by atoms with E-state index in [4.69, 9.17) is 151 Å². The maximum atomic E-state index is 5.93. The van der Waals surface area contributed by atoms with Crippen LogP contribution in [-0.2, 0) is 0 Å². The van der Waals surface area contributed by atoms with Gasteiger partial charge in [-0.1, -0.05) is 139 Å². The quantitative estimate of drug-likeness (QED) is 0.324. The summed E-state index contributed by atoms with van der Waals surface area (Å²) in [4.78, 5) is 0. The van der Waals surface area contributed by atoms with Crippen molar-refractivity contribution in [3.05, 3.63) is 0 Å². The lowest BCUT2D eigenvalue weighted by molar-refractivity contribution is 0.574. The van der Waals surface area contributed by atoms with Gasteiger partial charge in [0.05, 0.1) is 0 Å². The topological polar surface area (TPSA) is 0 Å². The summed E-state index contributed by atoms with van der Waals surface area (Å²) in [6, 6.07) is 0. The average Bonchev–Trinajstić information content (AvgIpc) is 2.12. The summed E-state index contributed by atoms with van der Waals surface area (Å²) in [6.07, 6.45) is 0. The molecule has 0 aliphatic rings. The highest BCUT2D eigenvalue weighted by atomic mass is 35.6. The smallest absolute Gasteiger partial charge is 0.116 e. The molecule has 0 heterocycles. The van der Waals surface area contributed by atoms with Crippen LogP contribution >= 0.6 is 151 Å². The normalized spacial score (nSPS) is 17.5. The van der Waals surface area contributed by atoms with Crippen LogP contribution in [0.1, 0.15) is 0 Å². The number of hydrogen-bond acceptors (Lipinski definition) is 0. The van der Waals surface area contributed by atoms with E-state index in [1.807, 2.05) is 0 Å². The van der Waals surface area contributed by atoms with Gasteiger partial charge in [-0.05, 0) is 0 Å². The van der Waals surface area contributed by atoms with Crippen LogP contribution in [0.2, 0.25) is 0 Å². The molecular formula is C6HCl13. The standard InChI is InChI=1S/C6HCl13/c7-1(3(10,11)5(14,15)16)2(8,9)4(12,13)6(17,18)19/h1H. The Hall–Kier alpha value is 3.77. The van der Waals surface area contributed by atoms with Crippen LogP contribution in [0.5, 0.6) is 0 Å². The molecule has 0 nitrogen and oxygen atoms in total. The van der Waals surface area contributed by atoms with Crippen molar-refractivity contribution in [2.45, 2.75) is 26.0 Å². The van der Waals surface area contributed by atoms with Crippen LogP contribution in [0, 0.1) is 0 Å². The van der Waals surface area contributed by atoms with Gasteiger partial charge in [-0.15, -0.1) is 11.6 Å². The molecule has 0 saturated carbocycles. The maximum absolute atomic E-state index is 5.93. The molecule has 0 radical (unpaired) electrons. The monoisotopic (exact) mass is 528 g/mol. The molecule has 13 heteroatoms. The second-order valence-corrected chi connectivity index (χ2v) is 12.3. The molecule has 0 rings (SSSR count). The molecule has 1 atom stereocenters. The second-order valence-electron chi connectivity index (χ2n) is 3.18.